The van der Waals surface area contributed by atoms with Crippen LogP contribution in [0.25, 0.3) is 0 Å². The minimum absolute atomic E-state index is 0.0158. The molecular weight excluding hydrogens is 212 g/mol. The van der Waals surface area contributed by atoms with E-state index in [0.29, 0.717) is 0 Å². The standard InChI is InChI=1S/C4H4Cl3N3O/c5-2(3(6)7)1-9-10-4(8)11/h1H,(H3,8,10,11)/b9-1+. The first-order chi connectivity index (χ1) is 5.04. The number of rotatable bonds is 2. The van der Waals surface area contributed by atoms with E-state index in [-0.39, 0.29) is 9.52 Å². The summed E-state index contributed by atoms with van der Waals surface area (Å²) in [6, 6.07) is -0.795. The molecule has 3 N–H and O–H groups in total. The molecule has 0 aliphatic heterocycles. The number of nitrogens with two attached hydrogens (primary N) is 1. The fraction of sp³-hybridized carbons (Fsp3) is 0. The van der Waals surface area contributed by atoms with Gasteiger partial charge in [-0.3, -0.25) is 0 Å². The van der Waals surface area contributed by atoms with Crippen molar-refractivity contribution in [1.29, 1.82) is 0 Å². The number of halogens is 3. The summed E-state index contributed by atoms with van der Waals surface area (Å²) in [5, 5.41) is 3.30. The molecule has 0 atom stereocenters. The molecule has 0 rings (SSSR count). The molecule has 2 amide bonds. The number of hydrogen-bond acceptors (Lipinski definition) is 2. The minimum Gasteiger partial charge on any atom is -0.350 e. The number of nitrogens with zero attached hydrogens (tertiary/aromatic N) is 1. The third kappa shape index (κ3) is 5.97. The summed E-state index contributed by atoms with van der Waals surface area (Å²) in [7, 11) is 0. The van der Waals surface area contributed by atoms with Crippen molar-refractivity contribution in [3.63, 3.8) is 0 Å². The molecule has 62 valence electrons. The lowest BCUT2D eigenvalue weighted by atomic mass is 10.7. The number of hydrogen-bond donors (Lipinski definition) is 2. The van der Waals surface area contributed by atoms with Crippen LogP contribution in [0.2, 0.25) is 0 Å². The molecule has 0 fully saturated rings. The van der Waals surface area contributed by atoms with Gasteiger partial charge in [-0.1, -0.05) is 34.8 Å². The first kappa shape index (κ1) is 10.6. The van der Waals surface area contributed by atoms with Crippen LogP contribution in [0.1, 0.15) is 0 Å². The number of carbonyl (C=O) groups is 1. The highest BCUT2D eigenvalue weighted by Gasteiger charge is 1.93. The van der Waals surface area contributed by atoms with Crippen LogP contribution in [0.5, 0.6) is 0 Å². The van der Waals surface area contributed by atoms with Crippen molar-refractivity contribution in [2.45, 2.75) is 0 Å². The minimum atomic E-state index is -0.795. The largest absolute Gasteiger partial charge is 0.350 e. The van der Waals surface area contributed by atoms with Gasteiger partial charge in [0, 0.05) is 0 Å². The zero-order chi connectivity index (χ0) is 8.85. The van der Waals surface area contributed by atoms with Gasteiger partial charge in [0.15, 0.2) is 0 Å². The molecule has 0 aromatic heterocycles. The molecule has 0 aromatic rings. The SMILES string of the molecule is NC(=O)N/N=C/C(Cl)=C(Cl)Cl. The van der Waals surface area contributed by atoms with Crippen LogP contribution in [-0.2, 0) is 0 Å². The summed E-state index contributed by atoms with van der Waals surface area (Å²) in [6.45, 7) is 0. The Kier molecular flexibility index (Phi) is 5.02. The van der Waals surface area contributed by atoms with Crippen LogP contribution in [0.4, 0.5) is 4.79 Å². The van der Waals surface area contributed by atoms with Crippen molar-refractivity contribution in [3.05, 3.63) is 9.52 Å². The Hall–Kier alpha value is -0.450. The lowest BCUT2D eigenvalue weighted by Crippen LogP contribution is -2.24. The quantitative estimate of drug-likeness (QED) is 0.533. The van der Waals surface area contributed by atoms with Crippen LogP contribution >= 0.6 is 34.8 Å². The Bertz CT molecular complexity index is 209. The van der Waals surface area contributed by atoms with E-state index in [0.717, 1.165) is 6.21 Å². The molecule has 0 spiro atoms. The van der Waals surface area contributed by atoms with Crippen molar-refractivity contribution in [1.82, 2.24) is 5.43 Å². The first-order valence-corrected chi connectivity index (χ1v) is 3.46. The fourth-order valence-electron chi connectivity index (χ4n) is 0.201. The van der Waals surface area contributed by atoms with E-state index in [1.165, 1.54) is 0 Å². The highest BCUT2D eigenvalue weighted by Crippen LogP contribution is 2.15. The van der Waals surface area contributed by atoms with Gasteiger partial charge in [-0.15, -0.1) is 0 Å². The van der Waals surface area contributed by atoms with Gasteiger partial charge in [0.25, 0.3) is 0 Å². The second kappa shape index (κ2) is 5.23. The lowest BCUT2D eigenvalue weighted by Gasteiger charge is -1.90. The predicted molar refractivity (Wildman–Crippen MR) is 45.8 cm³/mol. The molecule has 4 nitrogen and oxygen atoms in total. The van der Waals surface area contributed by atoms with Crippen molar-refractivity contribution in [2.75, 3.05) is 0 Å². The third-order valence-electron chi connectivity index (χ3n) is 0.533. The third-order valence-corrected chi connectivity index (χ3v) is 1.42. The van der Waals surface area contributed by atoms with Crippen LogP contribution in [0.3, 0.4) is 0 Å². The summed E-state index contributed by atoms with van der Waals surface area (Å²) in [4.78, 5) is 10.0. The van der Waals surface area contributed by atoms with Crippen LogP contribution in [0, 0.1) is 0 Å². The molecular formula is C4H4Cl3N3O. The Labute approximate surface area is 78.0 Å². The molecule has 0 unspecified atom stereocenters. The monoisotopic (exact) mass is 215 g/mol. The maximum Gasteiger partial charge on any atom is 0.332 e. The summed E-state index contributed by atoms with van der Waals surface area (Å²) >= 11 is 15.8. The summed E-state index contributed by atoms with van der Waals surface area (Å²) in [6.07, 6.45) is 1.06. The zero-order valence-electron chi connectivity index (χ0n) is 5.14. The van der Waals surface area contributed by atoms with E-state index in [9.17, 15) is 4.79 Å². The van der Waals surface area contributed by atoms with Gasteiger partial charge in [-0.25, -0.2) is 10.2 Å². The molecule has 7 heteroatoms. The Morgan fingerprint density at radius 2 is 2.00 bits per heavy atom. The smallest absolute Gasteiger partial charge is 0.332 e. The van der Waals surface area contributed by atoms with Crippen molar-refractivity contribution >= 4 is 47.0 Å². The molecule has 0 saturated carbocycles. The number of allylic oxidation sites excluding steroid dienone is 1. The topological polar surface area (TPSA) is 67.5 Å². The number of amides is 2. The Balaban J connectivity index is 3.95. The summed E-state index contributed by atoms with van der Waals surface area (Å²) < 4.78 is -0.137. The maximum atomic E-state index is 10.0. The van der Waals surface area contributed by atoms with Crippen molar-refractivity contribution < 1.29 is 4.79 Å². The Morgan fingerprint density at radius 3 is 2.36 bits per heavy atom. The van der Waals surface area contributed by atoms with Crippen LogP contribution in [0.15, 0.2) is 14.6 Å². The number of hydrazone groups is 1. The maximum absolute atomic E-state index is 10.0. The molecule has 11 heavy (non-hydrogen) atoms. The number of primary amides is 1. The van der Waals surface area contributed by atoms with E-state index in [1.807, 2.05) is 5.43 Å². The van der Waals surface area contributed by atoms with E-state index in [4.69, 9.17) is 34.8 Å². The van der Waals surface area contributed by atoms with Crippen LogP contribution in [-0.4, -0.2) is 12.2 Å². The molecule has 0 aliphatic carbocycles. The average molecular weight is 216 g/mol. The van der Waals surface area contributed by atoms with Gasteiger partial charge < -0.3 is 5.73 Å². The van der Waals surface area contributed by atoms with Crippen molar-refractivity contribution in [2.24, 2.45) is 10.8 Å². The van der Waals surface area contributed by atoms with Gasteiger partial charge >= 0.3 is 6.03 Å². The number of nitrogens with one attached hydrogen (secondary N) is 1. The van der Waals surface area contributed by atoms with Gasteiger partial charge in [0.05, 0.1) is 11.2 Å². The fourth-order valence-corrected chi connectivity index (χ4v) is 0.348. The first-order valence-electron chi connectivity index (χ1n) is 2.33. The second-order valence-electron chi connectivity index (χ2n) is 1.34. The zero-order valence-corrected chi connectivity index (χ0v) is 7.41. The molecule has 0 saturated heterocycles. The van der Waals surface area contributed by atoms with E-state index in [1.54, 1.807) is 0 Å². The van der Waals surface area contributed by atoms with Crippen LogP contribution < -0.4 is 11.2 Å². The normalized spacial score (nSPS) is 9.73. The molecule has 0 bridgehead atoms. The lowest BCUT2D eigenvalue weighted by molar-refractivity contribution is 0.249. The van der Waals surface area contributed by atoms with Gasteiger partial charge in [-0.2, -0.15) is 5.10 Å². The highest BCUT2D eigenvalue weighted by molar-refractivity contribution is 6.61. The number of carbonyl (C=O) groups excluding carboxylic acids is 1. The Morgan fingerprint density at radius 1 is 1.45 bits per heavy atom. The molecule has 0 aliphatic rings. The van der Waals surface area contributed by atoms with Gasteiger partial charge in [0.2, 0.25) is 0 Å². The molecule has 0 aromatic carbocycles. The summed E-state index contributed by atoms with van der Waals surface area (Å²) in [5.41, 5.74) is 6.57. The van der Waals surface area contributed by atoms with Gasteiger partial charge in [-0.05, 0) is 0 Å². The van der Waals surface area contributed by atoms with Gasteiger partial charge in [0.1, 0.15) is 4.49 Å². The highest BCUT2D eigenvalue weighted by atomic mass is 35.5. The second-order valence-corrected chi connectivity index (χ2v) is 2.70. The van der Waals surface area contributed by atoms with E-state index >= 15 is 0 Å². The predicted octanol–water partition coefficient (Wildman–Crippen LogP) is 1.53. The van der Waals surface area contributed by atoms with E-state index in [2.05, 4.69) is 10.8 Å². The molecule has 0 heterocycles. The van der Waals surface area contributed by atoms with Crippen molar-refractivity contribution in [3.8, 4) is 0 Å². The summed E-state index contributed by atoms with van der Waals surface area (Å²) in [5.74, 6) is 0. The molecule has 0 radical (unpaired) electrons. The average Bonchev–Trinajstić information content (AvgIpc) is 1.86. The van der Waals surface area contributed by atoms with E-state index < -0.39 is 6.03 Å². The number of urea groups is 1.